The molecular weight excluding hydrogens is 1650 g/mol. The normalized spacial score (nSPS) is 9.98. The summed E-state index contributed by atoms with van der Waals surface area (Å²) in [6.45, 7) is 8.78. The van der Waals surface area contributed by atoms with Gasteiger partial charge < -0.3 is 59.7 Å². The highest BCUT2D eigenvalue weighted by Gasteiger charge is 2.27. The lowest BCUT2D eigenvalue weighted by molar-refractivity contribution is -0.115. The Morgan fingerprint density at radius 3 is 1.04 bits per heavy atom. The topological polar surface area (TPSA) is 454 Å². The molecule has 0 aliphatic carbocycles. The molecule has 0 saturated heterocycles. The summed E-state index contributed by atoms with van der Waals surface area (Å²) in [6.07, 6.45) is -1.10. The van der Waals surface area contributed by atoms with Gasteiger partial charge in [0.15, 0.2) is 11.6 Å². The van der Waals surface area contributed by atoms with Gasteiger partial charge >= 0.3 is 30.5 Å². The van der Waals surface area contributed by atoms with Crippen LogP contribution in [0.1, 0.15) is 133 Å². The fourth-order valence-corrected chi connectivity index (χ4v) is 12.9. The lowest BCUT2D eigenvalue weighted by Crippen LogP contribution is -2.31. The number of carbonyl (C=O) groups excluding carboxylic acids is 15. The van der Waals surface area contributed by atoms with E-state index in [-0.39, 0.29) is 106 Å². The van der Waals surface area contributed by atoms with Crippen molar-refractivity contribution < 1.29 is 118 Å². The summed E-state index contributed by atoms with van der Waals surface area (Å²) < 4.78 is 74.1. The number of rotatable bonds is 23. The summed E-state index contributed by atoms with van der Waals surface area (Å²) in [5.74, 6) is -8.50. The van der Waals surface area contributed by atoms with Crippen LogP contribution in [0.15, 0.2) is 173 Å². The van der Waals surface area contributed by atoms with Gasteiger partial charge in [0.25, 0.3) is 53.2 Å². The van der Waals surface area contributed by atoms with E-state index in [1.165, 1.54) is 115 Å². The Kier molecular flexibility index (Phi) is 38.0. The molecule has 41 heteroatoms. The van der Waals surface area contributed by atoms with Gasteiger partial charge in [-0.25, -0.2) is 37.1 Å². The first kappa shape index (κ1) is 92.8. The zero-order chi connectivity index (χ0) is 86.2. The standard InChI is InChI=1S/C16H14F2N2O5S.C16H16N2O5S.C16H16N2O4S.C15H13FN2O4S.C14H13N3O4S/c1-3-25-16(23)20-13(21)8-6-7-26-15(8)19-14(22)11-9(17)4-5-10(24-2)12(11)18;1-3-23-16(21)18-14(20)12-8-9-24-15(12)17-13(19)10-4-6-11(22-2)7-5-10;1-2-22-16(21)18-14(20)12-8-9-23-15(12)17-13(19)10-11-6-4-3-5-7-11;1-2-22-15(21)18-13(20)11-6-7-23-14(11)17-12(19)9-4-3-5-10(16)8-9;1-2-21-14(20)17-12(19)10-5-8-22-13(10)16-11(18)9-3-6-15-7-4-9/h4-7H,3H2,1-2H3,(H,19,22)(H,20,21,23);4-9H,3H2,1-2H3,(H,17,19)(H,18,20,21);3-9H,2,10H2,1H3,(H,17,19)(H,18,20,21);3-8H,2H2,1H3,(H,17,19)(H,18,20,21);3-8H,2H2,1H3,(H,16,18)(H,17,19,20). The van der Waals surface area contributed by atoms with E-state index >= 15 is 0 Å². The highest BCUT2D eigenvalue weighted by atomic mass is 32.1. The highest BCUT2D eigenvalue weighted by Crippen LogP contribution is 2.31. The van der Waals surface area contributed by atoms with Crippen molar-refractivity contribution in [3.05, 3.63) is 246 Å². The van der Waals surface area contributed by atoms with Crippen LogP contribution in [0.25, 0.3) is 0 Å². The van der Waals surface area contributed by atoms with Crippen LogP contribution in [0.4, 0.5) is 62.1 Å². The number of imide groups is 5. The van der Waals surface area contributed by atoms with Gasteiger partial charge in [0, 0.05) is 29.1 Å². The number of thiophene rings is 5. The number of hydrogen-bond donors (Lipinski definition) is 10. The maximum absolute atomic E-state index is 14.2. The first-order chi connectivity index (χ1) is 56.6. The molecule has 0 saturated carbocycles. The molecule has 10 aromatic rings. The van der Waals surface area contributed by atoms with Crippen molar-refractivity contribution in [3.63, 3.8) is 0 Å². The van der Waals surface area contributed by atoms with Crippen LogP contribution in [0.3, 0.4) is 0 Å². The number of methoxy groups -OCH3 is 2. The molecule has 0 radical (unpaired) electrons. The molecule has 618 valence electrons. The number of pyridine rings is 1. The molecule has 0 aliphatic heterocycles. The number of halogens is 3. The minimum atomic E-state index is -1.17. The minimum absolute atomic E-state index is 0.0124. The molecular formula is C77H72F3N11O22S5. The molecule has 33 nitrogen and oxygen atoms in total. The lowest BCUT2D eigenvalue weighted by Gasteiger charge is -2.10. The van der Waals surface area contributed by atoms with E-state index in [0.717, 1.165) is 46.4 Å². The molecule has 10 N–H and O–H groups in total. The van der Waals surface area contributed by atoms with Crippen molar-refractivity contribution in [1.29, 1.82) is 0 Å². The van der Waals surface area contributed by atoms with Crippen LogP contribution < -0.4 is 62.6 Å². The molecule has 0 bridgehead atoms. The third-order valence-electron chi connectivity index (χ3n) is 14.3. The zero-order valence-corrected chi connectivity index (χ0v) is 67.2. The zero-order valence-electron chi connectivity index (χ0n) is 63.1. The monoisotopic (exact) mass is 1720 g/mol. The van der Waals surface area contributed by atoms with Crippen LogP contribution in [0, 0.1) is 17.5 Å². The number of hydrogen-bond acceptors (Lipinski definition) is 28. The van der Waals surface area contributed by atoms with Gasteiger partial charge in [0.2, 0.25) is 5.91 Å². The van der Waals surface area contributed by atoms with Gasteiger partial charge in [-0.15, -0.1) is 56.7 Å². The second-order valence-corrected chi connectivity index (χ2v) is 26.7. The molecule has 4 aromatic carbocycles. The molecule has 0 aliphatic rings. The van der Waals surface area contributed by atoms with Crippen LogP contribution in [-0.4, -0.2) is 142 Å². The molecule has 0 unspecified atom stereocenters. The average Bonchev–Trinajstić information content (AvgIpc) is 0.866. The Morgan fingerprint density at radius 1 is 0.347 bits per heavy atom. The molecule has 0 fully saturated rings. The van der Waals surface area contributed by atoms with E-state index in [2.05, 4.69) is 71.2 Å². The van der Waals surface area contributed by atoms with Crippen molar-refractivity contribution in [2.24, 2.45) is 0 Å². The maximum atomic E-state index is 14.2. The number of carbonyl (C=O) groups is 15. The summed E-state index contributed by atoms with van der Waals surface area (Å²) in [5.41, 5.74) is 1.65. The lowest BCUT2D eigenvalue weighted by atomic mass is 10.1. The van der Waals surface area contributed by atoms with Crippen LogP contribution in [0.5, 0.6) is 11.5 Å². The summed E-state index contributed by atoms with van der Waals surface area (Å²) in [6, 6.07) is 33.4. The Balaban J connectivity index is 0.000000229. The Morgan fingerprint density at radius 2 is 0.695 bits per heavy atom. The Bertz CT molecular complexity index is 5200. The quantitative estimate of drug-likeness (QED) is 0.0266. The van der Waals surface area contributed by atoms with E-state index < -0.39 is 94.8 Å². The van der Waals surface area contributed by atoms with Gasteiger partial charge in [0.1, 0.15) is 48.0 Å². The van der Waals surface area contributed by atoms with Gasteiger partial charge in [0.05, 0.1) is 81.5 Å². The molecule has 6 aromatic heterocycles. The van der Waals surface area contributed by atoms with Gasteiger partial charge in [-0.05, 0) is 164 Å². The van der Waals surface area contributed by atoms with Crippen molar-refractivity contribution in [1.82, 2.24) is 31.6 Å². The first-order valence-corrected chi connectivity index (χ1v) is 38.7. The van der Waals surface area contributed by atoms with Gasteiger partial charge in [-0.2, -0.15) is 0 Å². The van der Waals surface area contributed by atoms with Crippen LogP contribution in [0.2, 0.25) is 0 Å². The minimum Gasteiger partial charge on any atom is -0.497 e. The molecule has 118 heavy (non-hydrogen) atoms. The number of alkyl carbamates (subject to hydrolysis) is 5. The number of anilines is 5. The SMILES string of the molecule is CCOC(=O)NC(=O)c1ccsc1NC(=O)Cc1ccccc1.CCOC(=O)NC(=O)c1ccsc1NC(=O)c1c(F)ccc(OC)c1F.CCOC(=O)NC(=O)c1ccsc1NC(=O)c1ccc(OC)cc1.CCOC(=O)NC(=O)c1ccsc1NC(=O)c1cccc(F)c1.CCOC(=O)NC(=O)c1ccsc1NC(=O)c1ccncc1. The summed E-state index contributed by atoms with van der Waals surface area (Å²) in [5, 5.41) is 32.4. The van der Waals surface area contributed by atoms with Crippen LogP contribution >= 0.6 is 56.7 Å². The molecule has 15 amide bonds. The third-order valence-corrected chi connectivity index (χ3v) is 18.4. The third kappa shape index (κ3) is 29.4. The van der Waals surface area contributed by atoms with Gasteiger partial charge in [-0.1, -0.05) is 36.4 Å². The number of ether oxygens (including phenoxy) is 7. The predicted molar refractivity (Wildman–Crippen MR) is 431 cm³/mol. The maximum Gasteiger partial charge on any atom is 0.414 e. The smallest absolute Gasteiger partial charge is 0.414 e. The fraction of sp³-hybridized carbons (Fsp3) is 0.169. The van der Waals surface area contributed by atoms with E-state index in [1.807, 2.05) is 41.0 Å². The Labute approximate surface area is 689 Å². The van der Waals surface area contributed by atoms with E-state index in [0.29, 0.717) is 31.9 Å². The second-order valence-electron chi connectivity index (χ2n) is 22.1. The molecule has 10 rings (SSSR count). The number of aromatic nitrogens is 1. The highest BCUT2D eigenvalue weighted by molar-refractivity contribution is 7.16. The predicted octanol–water partition coefficient (Wildman–Crippen LogP) is 14.2. The summed E-state index contributed by atoms with van der Waals surface area (Å²) in [7, 11) is 2.71. The van der Waals surface area contributed by atoms with E-state index in [1.54, 1.807) is 92.5 Å². The summed E-state index contributed by atoms with van der Waals surface area (Å²) in [4.78, 5) is 181. The molecule has 0 atom stereocenters. The first-order valence-electron chi connectivity index (χ1n) is 34.3. The van der Waals surface area contributed by atoms with E-state index in [4.69, 9.17) is 9.47 Å². The largest absolute Gasteiger partial charge is 0.497 e. The number of nitrogens with zero attached hydrogens (tertiary/aromatic N) is 1. The van der Waals surface area contributed by atoms with E-state index in [9.17, 15) is 85.1 Å². The van der Waals surface area contributed by atoms with Crippen molar-refractivity contribution in [2.45, 2.75) is 41.0 Å². The fourth-order valence-electron chi connectivity index (χ4n) is 8.98. The summed E-state index contributed by atoms with van der Waals surface area (Å²) >= 11 is 5.62. The van der Waals surface area contributed by atoms with Crippen molar-refractivity contribution in [3.8, 4) is 11.5 Å². The number of amides is 15. The molecule has 6 heterocycles. The average molecular weight is 1720 g/mol. The van der Waals surface area contributed by atoms with Crippen molar-refractivity contribution >= 4 is 171 Å². The number of nitrogens with one attached hydrogen (secondary N) is 10. The molecule has 0 spiro atoms. The number of benzene rings is 4. The van der Waals surface area contributed by atoms with Crippen LogP contribution in [-0.2, 0) is 34.9 Å². The second kappa shape index (κ2) is 48.2. The Hall–Kier alpha value is -14.0. The van der Waals surface area contributed by atoms with Crippen molar-refractivity contribution in [2.75, 3.05) is 73.8 Å². The van der Waals surface area contributed by atoms with Gasteiger partial charge in [-0.3, -0.25) is 79.5 Å².